The van der Waals surface area contributed by atoms with Crippen molar-refractivity contribution in [3.63, 3.8) is 0 Å². The van der Waals surface area contributed by atoms with Crippen LogP contribution in [0, 0.1) is 0 Å². The molecule has 0 atom stereocenters. The first-order valence-corrected chi connectivity index (χ1v) is 9.74. The fourth-order valence-electron chi connectivity index (χ4n) is 3.25. The van der Waals surface area contributed by atoms with Crippen LogP contribution in [-0.4, -0.2) is 30.4 Å². The van der Waals surface area contributed by atoms with Gasteiger partial charge in [0, 0.05) is 6.07 Å². The quantitative estimate of drug-likeness (QED) is 0.404. The van der Waals surface area contributed by atoms with Crippen LogP contribution in [0.1, 0.15) is 5.82 Å². The summed E-state index contributed by atoms with van der Waals surface area (Å²) in [4.78, 5) is 4.75. The average Bonchev–Trinajstić information content (AvgIpc) is 3.16. The summed E-state index contributed by atoms with van der Waals surface area (Å²) in [5.74, 6) is 3.95. The Hall–Kier alpha value is -3.67. The number of fused-ring (bicyclic) bond motifs is 1. The predicted molar refractivity (Wildman–Crippen MR) is 116 cm³/mol. The standard InChI is InChI=1S/C24H24N2O4/c1-27-18-10-12-19(13-11-18)29-15-14-26-23-9-4-3-8-22(23)25-24(26)17-30-21-7-5-6-20(16-21)28-2/h3-13,16H,14-15,17H2,1-2H3. The Morgan fingerprint density at radius 2 is 1.47 bits per heavy atom. The molecule has 0 radical (unpaired) electrons. The topological polar surface area (TPSA) is 54.7 Å². The van der Waals surface area contributed by atoms with Gasteiger partial charge in [-0.15, -0.1) is 0 Å². The van der Waals surface area contributed by atoms with Crippen LogP contribution in [0.15, 0.2) is 72.8 Å². The van der Waals surface area contributed by atoms with Crippen molar-refractivity contribution < 1.29 is 18.9 Å². The molecular formula is C24H24N2O4. The van der Waals surface area contributed by atoms with Gasteiger partial charge >= 0.3 is 0 Å². The van der Waals surface area contributed by atoms with E-state index in [0.29, 0.717) is 19.8 Å². The summed E-state index contributed by atoms with van der Waals surface area (Å²) in [6.07, 6.45) is 0. The van der Waals surface area contributed by atoms with E-state index in [1.54, 1.807) is 14.2 Å². The van der Waals surface area contributed by atoms with Crippen molar-refractivity contribution in [3.8, 4) is 23.0 Å². The van der Waals surface area contributed by atoms with E-state index in [1.165, 1.54) is 0 Å². The molecule has 1 heterocycles. The van der Waals surface area contributed by atoms with Crippen molar-refractivity contribution in [1.82, 2.24) is 9.55 Å². The molecule has 6 nitrogen and oxygen atoms in total. The van der Waals surface area contributed by atoms with E-state index in [2.05, 4.69) is 10.6 Å². The SMILES string of the molecule is COc1ccc(OCCn2c(COc3cccc(OC)c3)nc3ccccc32)cc1. The van der Waals surface area contributed by atoms with Crippen LogP contribution in [0.3, 0.4) is 0 Å². The van der Waals surface area contributed by atoms with E-state index in [1.807, 2.05) is 66.7 Å². The minimum atomic E-state index is 0.352. The Morgan fingerprint density at radius 1 is 0.733 bits per heavy atom. The van der Waals surface area contributed by atoms with Gasteiger partial charge in [-0.2, -0.15) is 0 Å². The first-order chi connectivity index (χ1) is 14.8. The van der Waals surface area contributed by atoms with Crippen molar-refractivity contribution in [3.05, 3.63) is 78.6 Å². The van der Waals surface area contributed by atoms with E-state index < -0.39 is 0 Å². The fourth-order valence-corrected chi connectivity index (χ4v) is 3.25. The zero-order valence-electron chi connectivity index (χ0n) is 17.1. The van der Waals surface area contributed by atoms with Crippen LogP contribution in [0.25, 0.3) is 11.0 Å². The van der Waals surface area contributed by atoms with Crippen molar-refractivity contribution in [2.75, 3.05) is 20.8 Å². The third-order valence-electron chi connectivity index (χ3n) is 4.79. The molecule has 4 aromatic rings. The van der Waals surface area contributed by atoms with E-state index in [-0.39, 0.29) is 0 Å². The van der Waals surface area contributed by atoms with Gasteiger partial charge in [-0.25, -0.2) is 4.98 Å². The summed E-state index contributed by atoms with van der Waals surface area (Å²) >= 11 is 0. The molecule has 0 amide bonds. The van der Waals surface area contributed by atoms with Gasteiger partial charge in [-0.3, -0.25) is 0 Å². The molecule has 0 aliphatic rings. The van der Waals surface area contributed by atoms with E-state index in [0.717, 1.165) is 39.9 Å². The Balaban J connectivity index is 1.48. The Bertz CT molecular complexity index is 1110. The lowest BCUT2D eigenvalue weighted by Crippen LogP contribution is -2.13. The summed E-state index contributed by atoms with van der Waals surface area (Å²) in [6, 6.07) is 23.2. The van der Waals surface area contributed by atoms with E-state index >= 15 is 0 Å². The second-order valence-corrected chi connectivity index (χ2v) is 6.66. The summed E-state index contributed by atoms with van der Waals surface area (Å²) in [6.45, 7) is 1.52. The number of benzene rings is 3. The highest BCUT2D eigenvalue weighted by Gasteiger charge is 2.11. The normalized spacial score (nSPS) is 10.7. The molecule has 0 unspecified atom stereocenters. The lowest BCUT2D eigenvalue weighted by atomic mass is 10.3. The highest BCUT2D eigenvalue weighted by atomic mass is 16.5. The third-order valence-corrected chi connectivity index (χ3v) is 4.79. The van der Waals surface area contributed by atoms with Gasteiger partial charge in [0.25, 0.3) is 0 Å². The van der Waals surface area contributed by atoms with Crippen LogP contribution in [0.2, 0.25) is 0 Å². The number of ether oxygens (including phenoxy) is 4. The van der Waals surface area contributed by atoms with Crippen molar-refractivity contribution in [2.24, 2.45) is 0 Å². The highest BCUT2D eigenvalue weighted by Crippen LogP contribution is 2.22. The zero-order valence-corrected chi connectivity index (χ0v) is 17.1. The molecule has 0 bridgehead atoms. The molecular weight excluding hydrogens is 380 g/mol. The number of aromatic nitrogens is 2. The van der Waals surface area contributed by atoms with Crippen LogP contribution in [0.4, 0.5) is 0 Å². The highest BCUT2D eigenvalue weighted by molar-refractivity contribution is 5.75. The maximum atomic E-state index is 5.98. The van der Waals surface area contributed by atoms with Gasteiger partial charge in [0.2, 0.25) is 0 Å². The van der Waals surface area contributed by atoms with Gasteiger partial charge in [0.15, 0.2) is 0 Å². The summed E-state index contributed by atoms with van der Waals surface area (Å²) < 4.78 is 24.5. The Kier molecular flexibility index (Phi) is 6.03. The van der Waals surface area contributed by atoms with Crippen LogP contribution < -0.4 is 18.9 Å². The Labute approximate surface area is 175 Å². The molecule has 0 aliphatic carbocycles. The van der Waals surface area contributed by atoms with E-state index in [4.69, 9.17) is 23.9 Å². The summed E-state index contributed by atoms with van der Waals surface area (Å²) in [7, 11) is 3.29. The minimum absolute atomic E-state index is 0.352. The van der Waals surface area contributed by atoms with Crippen molar-refractivity contribution in [2.45, 2.75) is 13.2 Å². The lowest BCUT2D eigenvalue weighted by molar-refractivity contribution is 0.271. The summed E-state index contributed by atoms with van der Waals surface area (Å²) in [5.41, 5.74) is 1.99. The fraction of sp³-hybridized carbons (Fsp3) is 0.208. The van der Waals surface area contributed by atoms with Crippen LogP contribution >= 0.6 is 0 Å². The molecule has 0 spiro atoms. The third kappa shape index (κ3) is 4.49. The zero-order chi connectivity index (χ0) is 20.8. The molecule has 6 heteroatoms. The first-order valence-electron chi connectivity index (χ1n) is 9.74. The van der Waals surface area contributed by atoms with Gasteiger partial charge in [0.1, 0.15) is 42.0 Å². The molecule has 0 saturated heterocycles. The minimum Gasteiger partial charge on any atom is -0.497 e. The van der Waals surface area contributed by atoms with E-state index in [9.17, 15) is 0 Å². The summed E-state index contributed by atoms with van der Waals surface area (Å²) in [5, 5.41) is 0. The number of para-hydroxylation sites is 2. The number of methoxy groups -OCH3 is 2. The molecule has 30 heavy (non-hydrogen) atoms. The van der Waals surface area contributed by atoms with Crippen molar-refractivity contribution in [1.29, 1.82) is 0 Å². The molecule has 0 N–H and O–H groups in total. The van der Waals surface area contributed by atoms with Crippen LogP contribution in [0.5, 0.6) is 23.0 Å². The van der Waals surface area contributed by atoms with Gasteiger partial charge in [-0.1, -0.05) is 18.2 Å². The number of imidazole rings is 1. The van der Waals surface area contributed by atoms with Gasteiger partial charge in [-0.05, 0) is 48.5 Å². The van der Waals surface area contributed by atoms with Gasteiger partial charge in [0.05, 0.1) is 31.8 Å². The second kappa shape index (κ2) is 9.22. The molecule has 1 aromatic heterocycles. The predicted octanol–water partition coefficient (Wildman–Crippen LogP) is 4.71. The second-order valence-electron chi connectivity index (χ2n) is 6.66. The Morgan fingerprint density at radius 3 is 2.27 bits per heavy atom. The molecule has 0 aliphatic heterocycles. The molecule has 154 valence electrons. The maximum Gasteiger partial charge on any atom is 0.148 e. The molecule has 4 rings (SSSR count). The lowest BCUT2D eigenvalue weighted by Gasteiger charge is -2.12. The molecule has 0 saturated carbocycles. The number of nitrogens with zero attached hydrogens (tertiary/aromatic N) is 2. The van der Waals surface area contributed by atoms with Gasteiger partial charge < -0.3 is 23.5 Å². The smallest absolute Gasteiger partial charge is 0.148 e. The number of hydrogen-bond acceptors (Lipinski definition) is 5. The molecule has 3 aromatic carbocycles. The number of hydrogen-bond donors (Lipinski definition) is 0. The first kappa shape index (κ1) is 19.6. The average molecular weight is 404 g/mol. The molecule has 0 fully saturated rings. The largest absolute Gasteiger partial charge is 0.497 e. The monoisotopic (exact) mass is 404 g/mol. The van der Waals surface area contributed by atoms with Crippen LogP contribution in [-0.2, 0) is 13.2 Å². The number of rotatable bonds is 9. The maximum absolute atomic E-state index is 5.98. The van der Waals surface area contributed by atoms with Crippen molar-refractivity contribution >= 4 is 11.0 Å².